The molecule has 17 heteroatoms. The van der Waals surface area contributed by atoms with Gasteiger partial charge in [0.2, 0.25) is 0 Å². The highest BCUT2D eigenvalue weighted by Crippen LogP contribution is 2.33. The molecule has 0 saturated carbocycles. The quantitative estimate of drug-likeness (QED) is 0.332. The molecule has 11 nitrogen and oxygen atoms in total. The molecule has 2 aliphatic heterocycles. The van der Waals surface area contributed by atoms with E-state index in [1.807, 2.05) is 24.3 Å². The topological polar surface area (TPSA) is 164 Å². The van der Waals surface area contributed by atoms with Gasteiger partial charge in [-0.3, -0.25) is 9.78 Å². The Balaban J connectivity index is 0.000000263. The molecule has 1 amide bonds. The number of nitrogens with zero attached hydrogens (tertiary/aromatic N) is 2. The number of halogens is 6. The molecule has 3 aromatic rings. The van der Waals surface area contributed by atoms with Gasteiger partial charge in [-0.2, -0.15) is 26.3 Å². The van der Waals surface area contributed by atoms with Crippen molar-refractivity contribution < 1.29 is 60.4 Å². The van der Waals surface area contributed by atoms with Crippen LogP contribution in [0.1, 0.15) is 16.1 Å². The zero-order chi connectivity index (χ0) is 29.7. The number of ether oxygens (including phenoxy) is 2. The molecular weight excluding hydrogens is 558 g/mol. The summed E-state index contributed by atoms with van der Waals surface area (Å²) in [7, 11) is 0. The third kappa shape index (κ3) is 7.49. The maximum absolute atomic E-state index is 12.0. The van der Waals surface area contributed by atoms with Crippen LogP contribution in [0.4, 0.5) is 26.3 Å². The standard InChI is InChI=1S/C19H14N4O3.2C2HF3O2/c24-18-13-9-16(23-14(13)2-4-21-18)11-1-3-20-15(7-11)12-8-17-19(22-10-12)26-6-5-25-17;2*3-2(4,5)1(6)7/h1,3,5-10,23H,2,4H2,(H,21,24);2*(H,6,7). The number of pyridine rings is 2. The van der Waals surface area contributed by atoms with E-state index in [0.29, 0.717) is 23.7 Å². The summed E-state index contributed by atoms with van der Waals surface area (Å²) in [6, 6.07) is 7.59. The number of alkyl halides is 6. The minimum Gasteiger partial charge on any atom is -0.475 e. The van der Waals surface area contributed by atoms with Crippen molar-refractivity contribution in [2.24, 2.45) is 0 Å². The van der Waals surface area contributed by atoms with Gasteiger partial charge < -0.3 is 30.0 Å². The molecule has 0 bridgehead atoms. The van der Waals surface area contributed by atoms with Crippen molar-refractivity contribution in [3.63, 3.8) is 0 Å². The average molecular weight is 574 g/mol. The molecule has 0 saturated heterocycles. The number of carboxylic acid groups (broad SMARTS) is 2. The minimum atomic E-state index is -5.08. The van der Waals surface area contributed by atoms with Crippen molar-refractivity contribution in [1.82, 2.24) is 20.3 Å². The van der Waals surface area contributed by atoms with Crippen LogP contribution >= 0.6 is 0 Å². The summed E-state index contributed by atoms with van der Waals surface area (Å²) in [5.41, 5.74) is 5.09. The number of fused-ring (bicyclic) bond motifs is 2. The van der Waals surface area contributed by atoms with E-state index in [2.05, 4.69) is 20.3 Å². The lowest BCUT2D eigenvalue weighted by atomic mass is 10.1. The number of H-pyrrole nitrogens is 1. The number of rotatable bonds is 2. The second-order valence-corrected chi connectivity index (χ2v) is 7.65. The summed E-state index contributed by atoms with van der Waals surface area (Å²) in [5.74, 6) is -4.58. The lowest BCUT2D eigenvalue weighted by molar-refractivity contribution is -0.193. The summed E-state index contributed by atoms with van der Waals surface area (Å²) >= 11 is 0. The highest BCUT2D eigenvalue weighted by Gasteiger charge is 2.38. The van der Waals surface area contributed by atoms with Crippen LogP contribution in [0.2, 0.25) is 0 Å². The number of nitrogens with one attached hydrogen (secondary N) is 2. The van der Waals surface area contributed by atoms with E-state index < -0.39 is 24.3 Å². The van der Waals surface area contributed by atoms with Gasteiger partial charge in [0, 0.05) is 47.9 Å². The zero-order valence-electron chi connectivity index (χ0n) is 19.6. The van der Waals surface area contributed by atoms with Crippen LogP contribution in [-0.2, 0) is 16.0 Å². The summed E-state index contributed by atoms with van der Waals surface area (Å²) in [5, 5.41) is 17.1. The fourth-order valence-electron chi connectivity index (χ4n) is 3.14. The van der Waals surface area contributed by atoms with Crippen molar-refractivity contribution in [3.8, 4) is 34.1 Å². The second-order valence-electron chi connectivity index (χ2n) is 7.65. The van der Waals surface area contributed by atoms with Crippen LogP contribution in [0.5, 0.6) is 11.6 Å². The second kappa shape index (κ2) is 11.7. The van der Waals surface area contributed by atoms with E-state index >= 15 is 0 Å². The van der Waals surface area contributed by atoms with Gasteiger partial charge in [-0.1, -0.05) is 0 Å². The van der Waals surface area contributed by atoms with Crippen LogP contribution in [-0.4, -0.2) is 61.9 Å². The summed E-state index contributed by atoms with van der Waals surface area (Å²) in [4.78, 5) is 41.8. The monoisotopic (exact) mass is 574 g/mol. The summed E-state index contributed by atoms with van der Waals surface area (Å²) < 4.78 is 74.2. The number of carboxylic acids is 2. The highest BCUT2D eigenvalue weighted by molar-refractivity contribution is 5.97. The first-order chi connectivity index (χ1) is 18.7. The van der Waals surface area contributed by atoms with Crippen molar-refractivity contribution >= 4 is 17.8 Å². The number of hydrogen-bond donors (Lipinski definition) is 4. The first kappa shape index (κ1) is 29.5. The van der Waals surface area contributed by atoms with E-state index in [0.717, 1.165) is 34.6 Å². The molecule has 0 aliphatic carbocycles. The predicted molar refractivity (Wildman–Crippen MR) is 121 cm³/mol. The molecule has 0 radical (unpaired) electrons. The van der Waals surface area contributed by atoms with Gasteiger partial charge >= 0.3 is 24.3 Å². The molecule has 0 spiro atoms. The Morgan fingerprint density at radius 2 is 1.52 bits per heavy atom. The van der Waals surface area contributed by atoms with Crippen LogP contribution < -0.4 is 14.8 Å². The van der Waals surface area contributed by atoms with Crippen molar-refractivity contribution in [3.05, 3.63) is 60.4 Å². The Bertz CT molecular complexity index is 1430. The van der Waals surface area contributed by atoms with Gasteiger partial charge in [0.1, 0.15) is 12.5 Å². The summed E-state index contributed by atoms with van der Waals surface area (Å²) in [6.07, 6.45) is -3.02. The molecule has 0 fully saturated rings. The third-order valence-electron chi connectivity index (χ3n) is 4.90. The Hall–Kier alpha value is -5.09. The van der Waals surface area contributed by atoms with Crippen LogP contribution in [0.15, 0.2) is 49.2 Å². The fraction of sp³-hybridized carbons (Fsp3) is 0.174. The van der Waals surface area contributed by atoms with Crippen molar-refractivity contribution in [2.45, 2.75) is 18.8 Å². The normalized spacial score (nSPS) is 13.5. The molecule has 0 atom stereocenters. The van der Waals surface area contributed by atoms with Gasteiger partial charge in [-0.25, -0.2) is 14.6 Å². The lowest BCUT2D eigenvalue weighted by Crippen LogP contribution is -2.31. The molecular formula is C23H16F6N4O7. The highest BCUT2D eigenvalue weighted by atomic mass is 19.4. The number of aromatic nitrogens is 3. The first-order valence-corrected chi connectivity index (χ1v) is 10.7. The SMILES string of the molecule is O=C(O)C(F)(F)F.O=C(O)C(F)(F)F.O=C1NCCc2[nH]c(-c3ccnc(-c4cnc5c(c4)OC=CO5)c3)cc21. The number of hydrogen-bond acceptors (Lipinski definition) is 7. The molecule has 212 valence electrons. The van der Waals surface area contributed by atoms with Gasteiger partial charge in [-0.05, 0) is 24.3 Å². The number of amides is 1. The number of carbonyl (C=O) groups is 3. The molecule has 3 aromatic heterocycles. The largest absolute Gasteiger partial charge is 0.490 e. The molecule has 5 heterocycles. The minimum absolute atomic E-state index is 0.0351. The van der Waals surface area contributed by atoms with Crippen LogP contribution in [0, 0.1) is 0 Å². The Kier molecular flexibility index (Phi) is 8.65. The average Bonchev–Trinajstić information content (AvgIpc) is 3.34. The molecule has 40 heavy (non-hydrogen) atoms. The van der Waals surface area contributed by atoms with E-state index in [9.17, 15) is 31.1 Å². The number of aliphatic carboxylic acids is 2. The van der Waals surface area contributed by atoms with Crippen LogP contribution in [0.25, 0.3) is 22.5 Å². The Morgan fingerprint density at radius 1 is 0.900 bits per heavy atom. The first-order valence-electron chi connectivity index (χ1n) is 10.7. The molecule has 5 rings (SSSR count). The van der Waals surface area contributed by atoms with Crippen molar-refractivity contribution in [2.75, 3.05) is 6.54 Å². The van der Waals surface area contributed by atoms with Gasteiger partial charge in [0.15, 0.2) is 5.75 Å². The Labute approximate surface area is 219 Å². The lowest BCUT2D eigenvalue weighted by Gasteiger charge is -2.12. The van der Waals surface area contributed by atoms with E-state index in [1.54, 1.807) is 12.4 Å². The van der Waals surface area contributed by atoms with Gasteiger partial charge in [-0.15, -0.1) is 0 Å². The van der Waals surface area contributed by atoms with Crippen LogP contribution in [0.3, 0.4) is 0 Å². The molecule has 2 aliphatic rings. The zero-order valence-corrected chi connectivity index (χ0v) is 19.6. The van der Waals surface area contributed by atoms with E-state index in [1.165, 1.54) is 12.5 Å². The number of aromatic amines is 1. The molecule has 0 aromatic carbocycles. The van der Waals surface area contributed by atoms with Crippen molar-refractivity contribution in [1.29, 1.82) is 0 Å². The maximum Gasteiger partial charge on any atom is 0.490 e. The van der Waals surface area contributed by atoms with E-state index in [-0.39, 0.29) is 5.91 Å². The number of carbonyl (C=O) groups excluding carboxylic acids is 1. The van der Waals surface area contributed by atoms with E-state index in [4.69, 9.17) is 29.3 Å². The Morgan fingerprint density at radius 3 is 2.12 bits per heavy atom. The van der Waals surface area contributed by atoms with Gasteiger partial charge in [0.25, 0.3) is 11.8 Å². The predicted octanol–water partition coefficient (Wildman–Crippen LogP) is 3.93. The smallest absolute Gasteiger partial charge is 0.475 e. The van der Waals surface area contributed by atoms with Gasteiger partial charge in [0.05, 0.1) is 11.3 Å². The molecule has 0 unspecified atom stereocenters. The molecule has 4 N–H and O–H groups in total. The maximum atomic E-state index is 12.0. The fourth-order valence-corrected chi connectivity index (χ4v) is 3.14. The summed E-state index contributed by atoms with van der Waals surface area (Å²) in [6.45, 7) is 0.657. The third-order valence-corrected chi connectivity index (χ3v) is 4.90.